The van der Waals surface area contributed by atoms with Crippen LogP contribution in [0.4, 0.5) is 0 Å². The summed E-state index contributed by atoms with van der Waals surface area (Å²) in [6, 6.07) is 10.6. The van der Waals surface area contributed by atoms with Crippen LogP contribution in [-0.2, 0) is 6.42 Å². The summed E-state index contributed by atoms with van der Waals surface area (Å²) in [6.45, 7) is 0. The standard InChI is InChI=1S/C19H16O/c20-10-15-3-1-2-11-4-6-14-9-16-12-5-7-13(8-12)18(16)19(14)17(11)15/h1-7,10,12-13,16,18H,8-9H2. The molecule has 0 radical (unpaired) electrons. The van der Waals surface area contributed by atoms with E-state index in [1.165, 1.54) is 34.7 Å². The van der Waals surface area contributed by atoms with Crippen molar-refractivity contribution in [2.75, 3.05) is 0 Å². The average Bonchev–Trinajstić information content (AvgIpc) is 3.17. The zero-order valence-corrected chi connectivity index (χ0v) is 11.3. The smallest absolute Gasteiger partial charge is 0.150 e. The monoisotopic (exact) mass is 260 g/mol. The third kappa shape index (κ3) is 1.17. The van der Waals surface area contributed by atoms with Crippen molar-refractivity contribution in [3.8, 4) is 0 Å². The zero-order chi connectivity index (χ0) is 13.3. The topological polar surface area (TPSA) is 17.1 Å². The first-order chi connectivity index (χ1) is 9.86. The number of fused-ring (bicyclic) bond motifs is 9. The summed E-state index contributed by atoms with van der Waals surface area (Å²) in [4.78, 5) is 11.5. The summed E-state index contributed by atoms with van der Waals surface area (Å²) < 4.78 is 0. The van der Waals surface area contributed by atoms with E-state index in [1.54, 1.807) is 0 Å². The Morgan fingerprint density at radius 2 is 1.95 bits per heavy atom. The molecule has 1 nitrogen and oxygen atoms in total. The number of carbonyl (C=O) groups is 1. The molecule has 3 aliphatic carbocycles. The van der Waals surface area contributed by atoms with Crippen LogP contribution in [0.15, 0.2) is 42.5 Å². The fraction of sp³-hybridized carbons (Fsp3) is 0.316. The van der Waals surface area contributed by atoms with Gasteiger partial charge in [0.15, 0.2) is 6.29 Å². The van der Waals surface area contributed by atoms with Gasteiger partial charge < -0.3 is 0 Å². The fourth-order valence-corrected chi connectivity index (χ4v) is 5.02. The van der Waals surface area contributed by atoms with Crippen molar-refractivity contribution < 1.29 is 4.79 Å². The van der Waals surface area contributed by atoms with Gasteiger partial charge in [-0.3, -0.25) is 4.79 Å². The second-order valence-electron chi connectivity index (χ2n) is 6.54. The summed E-state index contributed by atoms with van der Waals surface area (Å²) >= 11 is 0. The van der Waals surface area contributed by atoms with Crippen LogP contribution in [0, 0.1) is 17.8 Å². The Bertz CT molecular complexity index is 771. The number of hydrogen-bond acceptors (Lipinski definition) is 1. The van der Waals surface area contributed by atoms with E-state index in [9.17, 15) is 4.79 Å². The van der Waals surface area contributed by atoms with Gasteiger partial charge in [0.05, 0.1) is 0 Å². The van der Waals surface area contributed by atoms with Gasteiger partial charge in [0, 0.05) is 5.56 Å². The molecule has 0 aromatic heterocycles. The minimum atomic E-state index is 0.657. The molecule has 4 unspecified atom stereocenters. The molecule has 3 aliphatic rings. The highest BCUT2D eigenvalue weighted by molar-refractivity contribution is 6.01. The van der Waals surface area contributed by atoms with Crippen molar-refractivity contribution in [1.29, 1.82) is 0 Å². The molecule has 5 rings (SSSR count). The first-order valence-corrected chi connectivity index (χ1v) is 7.55. The first-order valence-electron chi connectivity index (χ1n) is 7.55. The highest BCUT2D eigenvalue weighted by Crippen LogP contribution is 2.59. The number of aldehydes is 1. The van der Waals surface area contributed by atoms with Crippen molar-refractivity contribution in [2.45, 2.75) is 18.8 Å². The summed E-state index contributed by atoms with van der Waals surface area (Å²) in [6.07, 6.45) is 8.41. The maximum absolute atomic E-state index is 11.5. The molecule has 0 amide bonds. The third-order valence-corrected chi connectivity index (χ3v) is 5.75. The Morgan fingerprint density at radius 1 is 1.05 bits per heavy atom. The van der Waals surface area contributed by atoms with Crippen molar-refractivity contribution in [1.82, 2.24) is 0 Å². The molecule has 2 aromatic carbocycles. The Kier molecular flexibility index (Phi) is 1.95. The Morgan fingerprint density at radius 3 is 2.85 bits per heavy atom. The summed E-state index contributed by atoms with van der Waals surface area (Å²) in [7, 11) is 0. The van der Waals surface area contributed by atoms with E-state index < -0.39 is 0 Å². The number of carbonyl (C=O) groups excluding carboxylic acids is 1. The number of rotatable bonds is 1. The third-order valence-electron chi connectivity index (χ3n) is 5.75. The Hall–Kier alpha value is -1.89. The van der Waals surface area contributed by atoms with Gasteiger partial charge in [-0.15, -0.1) is 0 Å². The molecule has 98 valence electrons. The Labute approximate surface area is 118 Å². The lowest BCUT2D eigenvalue weighted by Crippen LogP contribution is -2.13. The Balaban J connectivity index is 1.85. The van der Waals surface area contributed by atoms with Gasteiger partial charge in [-0.2, -0.15) is 0 Å². The van der Waals surface area contributed by atoms with Gasteiger partial charge in [-0.25, -0.2) is 0 Å². The van der Waals surface area contributed by atoms with Crippen LogP contribution in [0.2, 0.25) is 0 Å². The normalized spacial score (nSPS) is 32.6. The fourth-order valence-electron chi connectivity index (χ4n) is 5.02. The predicted molar refractivity (Wildman–Crippen MR) is 80.0 cm³/mol. The van der Waals surface area contributed by atoms with E-state index in [2.05, 4.69) is 30.4 Å². The molecule has 1 saturated carbocycles. The van der Waals surface area contributed by atoms with Crippen LogP contribution in [0.5, 0.6) is 0 Å². The maximum atomic E-state index is 11.5. The van der Waals surface area contributed by atoms with E-state index in [1.807, 2.05) is 12.1 Å². The van der Waals surface area contributed by atoms with Gasteiger partial charge in [0.25, 0.3) is 0 Å². The lowest BCUT2D eigenvalue weighted by molar-refractivity contribution is 0.112. The van der Waals surface area contributed by atoms with E-state index in [-0.39, 0.29) is 0 Å². The van der Waals surface area contributed by atoms with Crippen LogP contribution in [0.1, 0.15) is 33.8 Å². The quantitative estimate of drug-likeness (QED) is 0.557. The molecule has 0 N–H and O–H groups in total. The molecular formula is C19H16O. The molecule has 0 heterocycles. The van der Waals surface area contributed by atoms with Crippen molar-refractivity contribution >= 4 is 17.1 Å². The van der Waals surface area contributed by atoms with Crippen LogP contribution in [0.25, 0.3) is 10.8 Å². The first kappa shape index (κ1) is 10.8. The summed E-state index contributed by atoms with van der Waals surface area (Å²) in [5.41, 5.74) is 3.85. The number of hydrogen-bond donors (Lipinski definition) is 0. The number of benzene rings is 2. The van der Waals surface area contributed by atoms with Crippen molar-refractivity contribution in [3.63, 3.8) is 0 Å². The van der Waals surface area contributed by atoms with Crippen molar-refractivity contribution in [2.24, 2.45) is 17.8 Å². The molecule has 1 heteroatoms. The number of allylic oxidation sites excluding steroid dienone is 2. The van der Waals surface area contributed by atoms with Crippen LogP contribution in [-0.4, -0.2) is 6.29 Å². The molecule has 0 aliphatic heterocycles. The van der Waals surface area contributed by atoms with Crippen LogP contribution >= 0.6 is 0 Å². The molecule has 2 aromatic rings. The van der Waals surface area contributed by atoms with Crippen LogP contribution in [0.3, 0.4) is 0 Å². The second-order valence-corrected chi connectivity index (χ2v) is 6.54. The van der Waals surface area contributed by atoms with E-state index in [4.69, 9.17) is 0 Å². The highest BCUT2D eigenvalue weighted by atomic mass is 16.1. The van der Waals surface area contributed by atoms with E-state index in [0.29, 0.717) is 11.8 Å². The van der Waals surface area contributed by atoms with E-state index in [0.717, 1.165) is 23.7 Å². The molecule has 1 fully saturated rings. The SMILES string of the molecule is O=Cc1cccc2ccc3c(c12)C1C2C=CC(C2)C1C3. The molecule has 0 saturated heterocycles. The lowest BCUT2D eigenvalue weighted by atomic mass is 9.81. The van der Waals surface area contributed by atoms with Gasteiger partial charge in [-0.1, -0.05) is 42.5 Å². The summed E-state index contributed by atoms with van der Waals surface area (Å²) in [5.74, 6) is 2.92. The minimum absolute atomic E-state index is 0.657. The second kappa shape index (κ2) is 3.60. The molecule has 2 bridgehead atoms. The molecule has 4 atom stereocenters. The average molecular weight is 260 g/mol. The van der Waals surface area contributed by atoms with Gasteiger partial charge in [0.2, 0.25) is 0 Å². The predicted octanol–water partition coefficient (Wildman–Crippen LogP) is 4.11. The van der Waals surface area contributed by atoms with Gasteiger partial charge in [-0.05, 0) is 58.4 Å². The molecule has 20 heavy (non-hydrogen) atoms. The van der Waals surface area contributed by atoms with Gasteiger partial charge >= 0.3 is 0 Å². The maximum Gasteiger partial charge on any atom is 0.150 e. The van der Waals surface area contributed by atoms with E-state index >= 15 is 0 Å². The highest BCUT2D eigenvalue weighted by Gasteiger charge is 2.49. The zero-order valence-electron chi connectivity index (χ0n) is 11.3. The van der Waals surface area contributed by atoms with Gasteiger partial charge in [0.1, 0.15) is 0 Å². The van der Waals surface area contributed by atoms with Crippen molar-refractivity contribution in [3.05, 3.63) is 59.2 Å². The van der Waals surface area contributed by atoms with Crippen LogP contribution < -0.4 is 0 Å². The lowest BCUT2D eigenvalue weighted by Gasteiger charge is -2.22. The minimum Gasteiger partial charge on any atom is -0.298 e. The molecular weight excluding hydrogens is 244 g/mol. The summed E-state index contributed by atoms with van der Waals surface area (Å²) in [5, 5.41) is 2.45. The molecule has 0 spiro atoms. The largest absolute Gasteiger partial charge is 0.298 e.